The smallest absolute Gasteiger partial charge is 0.261 e. The number of halogens is 1. The van der Waals surface area contributed by atoms with Gasteiger partial charge in [0, 0.05) is 24.5 Å². The predicted octanol–water partition coefficient (Wildman–Crippen LogP) is 4.83. The number of amides is 2. The molecule has 0 fully saturated rings. The fourth-order valence-corrected chi connectivity index (χ4v) is 4.10. The van der Waals surface area contributed by atoms with Crippen LogP contribution in [-0.2, 0) is 22.6 Å². The Bertz CT molecular complexity index is 1100. The molecule has 0 heterocycles. The van der Waals surface area contributed by atoms with Crippen molar-refractivity contribution in [2.24, 2.45) is 0 Å². The van der Waals surface area contributed by atoms with Crippen LogP contribution >= 0.6 is 15.9 Å². The highest BCUT2D eigenvalue weighted by molar-refractivity contribution is 9.10. The number of carbonyl (C=O) groups is 2. The van der Waals surface area contributed by atoms with Gasteiger partial charge >= 0.3 is 0 Å². The van der Waals surface area contributed by atoms with E-state index in [0.29, 0.717) is 18.7 Å². The third-order valence-corrected chi connectivity index (χ3v) is 6.16. The quantitative estimate of drug-likeness (QED) is 0.450. The van der Waals surface area contributed by atoms with Gasteiger partial charge in [0.1, 0.15) is 11.8 Å². The first-order valence-corrected chi connectivity index (χ1v) is 11.7. The number of hydrogen-bond acceptors (Lipinski definition) is 3. The second-order valence-electron chi connectivity index (χ2n) is 7.96. The van der Waals surface area contributed by atoms with Crippen molar-refractivity contribution in [3.8, 4) is 5.75 Å². The zero-order chi connectivity index (χ0) is 23.8. The zero-order valence-corrected chi connectivity index (χ0v) is 20.8. The van der Waals surface area contributed by atoms with Crippen molar-refractivity contribution in [1.29, 1.82) is 0 Å². The van der Waals surface area contributed by atoms with Crippen LogP contribution in [0.25, 0.3) is 0 Å². The molecule has 1 atom stereocenters. The van der Waals surface area contributed by atoms with Gasteiger partial charge < -0.3 is 15.0 Å². The van der Waals surface area contributed by atoms with Crippen molar-refractivity contribution < 1.29 is 14.3 Å². The minimum atomic E-state index is -0.675. The average Bonchev–Trinajstić information content (AvgIpc) is 2.82. The summed E-state index contributed by atoms with van der Waals surface area (Å²) in [6.45, 7) is 4.11. The fraction of sp³-hybridized carbons (Fsp3) is 0.259. The van der Waals surface area contributed by atoms with E-state index in [2.05, 4.69) is 21.2 Å². The highest BCUT2D eigenvalue weighted by Gasteiger charge is 2.30. The van der Waals surface area contributed by atoms with Gasteiger partial charge in [0.05, 0.1) is 0 Å². The molecule has 0 aromatic heterocycles. The van der Waals surface area contributed by atoms with Crippen molar-refractivity contribution in [2.45, 2.75) is 32.9 Å². The Balaban J connectivity index is 1.89. The Morgan fingerprint density at radius 2 is 1.67 bits per heavy atom. The van der Waals surface area contributed by atoms with E-state index in [0.717, 1.165) is 26.7 Å². The largest absolute Gasteiger partial charge is 0.483 e. The van der Waals surface area contributed by atoms with Crippen LogP contribution in [0.1, 0.15) is 22.3 Å². The molecule has 0 saturated heterocycles. The molecule has 0 aliphatic carbocycles. The highest BCUT2D eigenvalue weighted by Crippen LogP contribution is 2.22. The Hall–Kier alpha value is -3.12. The van der Waals surface area contributed by atoms with Gasteiger partial charge in [-0.1, -0.05) is 70.5 Å². The molecular weight excluding hydrogens is 480 g/mol. The van der Waals surface area contributed by atoms with Gasteiger partial charge in [-0.2, -0.15) is 0 Å². The van der Waals surface area contributed by atoms with Crippen molar-refractivity contribution >= 4 is 27.7 Å². The number of hydrogen-bond donors (Lipinski definition) is 1. The van der Waals surface area contributed by atoms with Gasteiger partial charge in [-0.05, 0) is 54.3 Å². The standard InChI is InChI=1S/C27H29BrN2O3/c1-19-9-7-14-25(20(19)2)33-18-26(31)30(17-22-12-8-13-23(28)15-22)24(27(32)29-3)16-21-10-5-4-6-11-21/h4-15,24H,16-18H2,1-3H3,(H,29,32)/t24-/m1/s1. The van der Waals surface area contributed by atoms with Crippen LogP contribution in [0.5, 0.6) is 5.75 Å². The molecule has 0 radical (unpaired) electrons. The van der Waals surface area contributed by atoms with E-state index in [4.69, 9.17) is 4.74 Å². The summed E-state index contributed by atoms with van der Waals surface area (Å²) in [4.78, 5) is 28.0. The molecule has 1 N–H and O–H groups in total. The minimum Gasteiger partial charge on any atom is -0.483 e. The number of aryl methyl sites for hydroxylation is 1. The first-order chi connectivity index (χ1) is 15.9. The van der Waals surface area contributed by atoms with Gasteiger partial charge in [-0.25, -0.2) is 0 Å². The van der Waals surface area contributed by atoms with E-state index in [1.807, 2.05) is 86.6 Å². The summed E-state index contributed by atoms with van der Waals surface area (Å²) in [6, 6.07) is 22.6. The normalized spacial score (nSPS) is 11.5. The molecule has 172 valence electrons. The Labute approximate surface area is 203 Å². The van der Waals surface area contributed by atoms with Crippen LogP contribution in [-0.4, -0.2) is 36.4 Å². The van der Waals surface area contributed by atoms with Gasteiger partial charge in [-0.15, -0.1) is 0 Å². The third kappa shape index (κ3) is 6.68. The number of carbonyl (C=O) groups excluding carboxylic acids is 2. The van der Waals surface area contributed by atoms with Crippen LogP contribution in [0.2, 0.25) is 0 Å². The minimum absolute atomic E-state index is 0.152. The van der Waals surface area contributed by atoms with Crippen LogP contribution in [0, 0.1) is 13.8 Å². The number of likely N-dealkylation sites (N-methyl/N-ethyl adjacent to an activating group) is 1. The Morgan fingerprint density at radius 1 is 0.970 bits per heavy atom. The SMILES string of the molecule is CNC(=O)[C@@H](Cc1ccccc1)N(Cc1cccc(Br)c1)C(=O)COc1cccc(C)c1C. The lowest BCUT2D eigenvalue weighted by molar-refractivity contribution is -0.142. The molecule has 5 nitrogen and oxygen atoms in total. The monoisotopic (exact) mass is 508 g/mol. The van der Waals surface area contributed by atoms with E-state index in [9.17, 15) is 9.59 Å². The maximum absolute atomic E-state index is 13.5. The molecule has 3 aromatic rings. The summed E-state index contributed by atoms with van der Waals surface area (Å²) < 4.78 is 6.82. The topological polar surface area (TPSA) is 58.6 Å². The van der Waals surface area contributed by atoms with Crippen molar-refractivity contribution in [3.63, 3.8) is 0 Å². The van der Waals surface area contributed by atoms with Gasteiger partial charge in [0.15, 0.2) is 6.61 Å². The lowest BCUT2D eigenvalue weighted by Crippen LogP contribution is -2.51. The summed E-state index contributed by atoms with van der Waals surface area (Å²) in [5.74, 6) is 0.208. The second kappa shape index (κ2) is 11.7. The highest BCUT2D eigenvalue weighted by atomic mass is 79.9. The van der Waals surface area contributed by atoms with E-state index >= 15 is 0 Å². The number of nitrogens with one attached hydrogen (secondary N) is 1. The number of benzene rings is 3. The lowest BCUT2D eigenvalue weighted by Gasteiger charge is -2.31. The van der Waals surface area contributed by atoms with Crippen LogP contribution in [0.3, 0.4) is 0 Å². The molecule has 0 spiro atoms. The summed E-state index contributed by atoms with van der Waals surface area (Å²) in [5, 5.41) is 2.73. The first-order valence-electron chi connectivity index (χ1n) is 10.9. The van der Waals surface area contributed by atoms with E-state index in [-0.39, 0.29) is 18.4 Å². The Morgan fingerprint density at radius 3 is 2.36 bits per heavy atom. The van der Waals surface area contributed by atoms with Crippen molar-refractivity contribution in [1.82, 2.24) is 10.2 Å². The average molecular weight is 509 g/mol. The molecule has 2 amide bonds. The maximum atomic E-state index is 13.5. The second-order valence-corrected chi connectivity index (χ2v) is 8.87. The van der Waals surface area contributed by atoms with E-state index in [1.165, 1.54) is 0 Å². The molecule has 0 bridgehead atoms. The number of rotatable bonds is 9. The van der Waals surface area contributed by atoms with Crippen LogP contribution < -0.4 is 10.1 Å². The van der Waals surface area contributed by atoms with Gasteiger partial charge in [0.2, 0.25) is 5.91 Å². The maximum Gasteiger partial charge on any atom is 0.261 e. The fourth-order valence-electron chi connectivity index (χ4n) is 3.66. The first kappa shape index (κ1) is 24.5. The van der Waals surface area contributed by atoms with Crippen molar-refractivity contribution in [2.75, 3.05) is 13.7 Å². The van der Waals surface area contributed by atoms with Crippen LogP contribution in [0.4, 0.5) is 0 Å². The Kier molecular flexibility index (Phi) is 8.66. The molecular formula is C27H29BrN2O3. The van der Waals surface area contributed by atoms with Gasteiger partial charge in [0.25, 0.3) is 5.91 Å². The molecule has 3 rings (SSSR count). The lowest BCUT2D eigenvalue weighted by atomic mass is 10.0. The molecule has 0 aliphatic heterocycles. The molecule has 3 aromatic carbocycles. The number of nitrogens with zero attached hydrogens (tertiary/aromatic N) is 1. The summed E-state index contributed by atoms with van der Waals surface area (Å²) in [6.07, 6.45) is 0.406. The predicted molar refractivity (Wildman–Crippen MR) is 134 cm³/mol. The molecule has 0 aliphatic rings. The van der Waals surface area contributed by atoms with Crippen molar-refractivity contribution in [3.05, 3.63) is 99.5 Å². The molecule has 0 unspecified atom stereocenters. The molecule has 33 heavy (non-hydrogen) atoms. The number of ether oxygens (including phenoxy) is 1. The van der Waals surface area contributed by atoms with E-state index in [1.54, 1.807) is 11.9 Å². The summed E-state index contributed by atoms with van der Waals surface area (Å²) in [7, 11) is 1.59. The third-order valence-electron chi connectivity index (χ3n) is 5.67. The van der Waals surface area contributed by atoms with Gasteiger partial charge in [-0.3, -0.25) is 9.59 Å². The zero-order valence-electron chi connectivity index (χ0n) is 19.2. The molecule has 0 saturated carbocycles. The van der Waals surface area contributed by atoms with Crippen LogP contribution in [0.15, 0.2) is 77.3 Å². The summed E-state index contributed by atoms with van der Waals surface area (Å²) >= 11 is 3.49. The van der Waals surface area contributed by atoms with E-state index < -0.39 is 6.04 Å². The summed E-state index contributed by atoms with van der Waals surface area (Å²) in [5.41, 5.74) is 3.99. The molecule has 6 heteroatoms.